The molecule has 0 saturated carbocycles. The molecule has 0 spiro atoms. The van der Waals surface area contributed by atoms with Gasteiger partial charge in [0.15, 0.2) is 11.5 Å². The van der Waals surface area contributed by atoms with E-state index in [-0.39, 0.29) is 11.2 Å². The van der Waals surface area contributed by atoms with Gasteiger partial charge < -0.3 is 9.51 Å². The number of rotatable bonds is 1. The van der Waals surface area contributed by atoms with Crippen molar-refractivity contribution in [1.29, 1.82) is 0 Å². The highest BCUT2D eigenvalue weighted by atomic mass is 16.5. The lowest BCUT2D eigenvalue weighted by atomic mass is 10.4. The van der Waals surface area contributed by atoms with E-state index in [1.165, 1.54) is 11.6 Å². The lowest BCUT2D eigenvalue weighted by molar-refractivity contribution is 0.425. The molecule has 0 amide bonds. The maximum absolute atomic E-state index is 11.6. The van der Waals surface area contributed by atoms with E-state index in [0.29, 0.717) is 17.3 Å². The number of aromatic amines is 2. The molecule has 0 fully saturated rings. The minimum atomic E-state index is -0.515. The van der Waals surface area contributed by atoms with Gasteiger partial charge in [0.1, 0.15) is 5.52 Å². The van der Waals surface area contributed by atoms with E-state index < -0.39 is 11.2 Å². The Morgan fingerprint density at radius 2 is 2.11 bits per heavy atom. The molecule has 0 unspecified atom stereocenters. The zero-order valence-corrected chi connectivity index (χ0v) is 9.64. The van der Waals surface area contributed by atoms with Gasteiger partial charge in [0, 0.05) is 13.1 Å². The second-order valence-corrected chi connectivity index (χ2v) is 3.93. The molecule has 0 atom stereocenters. The minimum absolute atomic E-state index is 0.223. The molecule has 8 nitrogen and oxygen atoms in total. The Kier molecular flexibility index (Phi) is 2.00. The maximum atomic E-state index is 11.6. The van der Waals surface area contributed by atoms with Crippen LogP contribution in [0.2, 0.25) is 0 Å². The van der Waals surface area contributed by atoms with Crippen LogP contribution >= 0.6 is 0 Å². The highest BCUT2D eigenvalue weighted by Gasteiger charge is 2.14. The molecule has 3 aromatic heterocycles. The molecule has 2 N–H and O–H groups in total. The molecule has 0 saturated heterocycles. The van der Waals surface area contributed by atoms with Gasteiger partial charge in [-0.2, -0.15) is 0 Å². The average Bonchev–Trinajstić information content (AvgIpc) is 2.92. The van der Waals surface area contributed by atoms with Crippen LogP contribution < -0.4 is 11.2 Å². The summed E-state index contributed by atoms with van der Waals surface area (Å²) in [6, 6.07) is 1.68. The summed E-state index contributed by atoms with van der Waals surface area (Å²) in [6.07, 6.45) is 0. The van der Waals surface area contributed by atoms with Crippen molar-refractivity contribution in [3.63, 3.8) is 0 Å². The smallest absolute Gasteiger partial charge is 0.329 e. The van der Waals surface area contributed by atoms with Crippen molar-refractivity contribution in [2.24, 2.45) is 7.05 Å². The van der Waals surface area contributed by atoms with Crippen LogP contribution in [-0.2, 0) is 7.05 Å². The van der Waals surface area contributed by atoms with Crippen LogP contribution in [0.1, 0.15) is 5.69 Å². The summed E-state index contributed by atoms with van der Waals surface area (Å²) in [6.45, 7) is 1.78. The predicted octanol–water partition coefficient (Wildman–Crippen LogP) is -0.0867. The highest BCUT2D eigenvalue weighted by Crippen LogP contribution is 2.18. The molecule has 0 aliphatic carbocycles. The lowest BCUT2D eigenvalue weighted by Gasteiger charge is -1.94. The lowest BCUT2D eigenvalue weighted by Crippen LogP contribution is -2.28. The largest absolute Gasteiger partial charge is 0.353 e. The first-order chi connectivity index (χ1) is 8.56. The molecule has 0 aliphatic heterocycles. The zero-order chi connectivity index (χ0) is 12.9. The second kappa shape index (κ2) is 3.42. The Balaban J connectivity index is 2.35. The van der Waals surface area contributed by atoms with E-state index in [0.717, 1.165) is 0 Å². The molecular formula is C10H9N5O3. The Labute approximate surface area is 99.3 Å². The van der Waals surface area contributed by atoms with Crippen molar-refractivity contribution in [2.75, 3.05) is 0 Å². The summed E-state index contributed by atoms with van der Waals surface area (Å²) < 4.78 is 6.30. The summed E-state index contributed by atoms with van der Waals surface area (Å²) in [4.78, 5) is 32.2. The van der Waals surface area contributed by atoms with Gasteiger partial charge in [-0.1, -0.05) is 5.16 Å². The number of fused-ring (bicyclic) bond motifs is 1. The molecule has 0 aliphatic rings. The van der Waals surface area contributed by atoms with E-state index in [9.17, 15) is 9.59 Å². The number of aromatic nitrogens is 5. The van der Waals surface area contributed by atoms with E-state index in [1.54, 1.807) is 13.0 Å². The van der Waals surface area contributed by atoms with Gasteiger partial charge in [-0.05, 0) is 6.92 Å². The first-order valence-corrected chi connectivity index (χ1v) is 5.19. The topological polar surface area (TPSA) is 110 Å². The SMILES string of the molecule is Cc1cc(-c2nc3c([nH]2)c(=O)[nH]c(=O)n3C)on1. The van der Waals surface area contributed by atoms with Crippen molar-refractivity contribution in [1.82, 2.24) is 24.7 Å². The summed E-state index contributed by atoms with van der Waals surface area (Å²) in [7, 11) is 1.52. The number of H-pyrrole nitrogens is 2. The van der Waals surface area contributed by atoms with Gasteiger partial charge in [-0.3, -0.25) is 14.3 Å². The van der Waals surface area contributed by atoms with E-state index in [1.807, 2.05) is 0 Å². The van der Waals surface area contributed by atoms with Crippen molar-refractivity contribution in [3.8, 4) is 11.6 Å². The van der Waals surface area contributed by atoms with Gasteiger partial charge in [0.2, 0.25) is 5.76 Å². The van der Waals surface area contributed by atoms with Gasteiger partial charge >= 0.3 is 5.69 Å². The average molecular weight is 247 g/mol. The molecule has 0 radical (unpaired) electrons. The number of hydrogen-bond donors (Lipinski definition) is 2. The van der Waals surface area contributed by atoms with Crippen molar-refractivity contribution < 1.29 is 4.52 Å². The molecule has 92 valence electrons. The third kappa shape index (κ3) is 1.39. The van der Waals surface area contributed by atoms with Crippen LogP contribution in [0.15, 0.2) is 20.2 Å². The van der Waals surface area contributed by atoms with Crippen LogP contribution in [0.3, 0.4) is 0 Å². The molecule has 8 heteroatoms. The molecule has 0 aromatic carbocycles. The normalized spacial score (nSPS) is 11.2. The summed E-state index contributed by atoms with van der Waals surface area (Å²) in [5.74, 6) is 0.771. The van der Waals surface area contributed by atoms with E-state index >= 15 is 0 Å². The van der Waals surface area contributed by atoms with E-state index in [2.05, 4.69) is 20.1 Å². The van der Waals surface area contributed by atoms with Crippen LogP contribution in [0, 0.1) is 6.92 Å². The summed E-state index contributed by atoms with van der Waals surface area (Å²) in [5, 5.41) is 3.74. The number of nitrogens with zero attached hydrogens (tertiary/aromatic N) is 3. The summed E-state index contributed by atoms with van der Waals surface area (Å²) in [5.41, 5.74) is 0.171. The van der Waals surface area contributed by atoms with Gasteiger partial charge in [-0.25, -0.2) is 9.78 Å². The predicted molar refractivity (Wildman–Crippen MR) is 62.2 cm³/mol. The molecule has 3 aromatic rings. The van der Waals surface area contributed by atoms with Crippen LogP contribution in [0.4, 0.5) is 0 Å². The molecule has 18 heavy (non-hydrogen) atoms. The number of aryl methyl sites for hydroxylation is 2. The zero-order valence-electron chi connectivity index (χ0n) is 9.64. The van der Waals surface area contributed by atoms with Crippen molar-refractivity contribution in [3.05, 3.63) is 32.6 Å². The maximum Gasteiger partial charge on any atom is 0.329 e. The Hall–Kier alpha value is -2.64. The molecule has 3 rings (SSSR count). The first kappa shape index (κ1) is 10.5. The fraction of sp³-hybridized carbons (Fsp3) is 0.200. The van der Waals surface area contributed by atoms with Crippen molar-refractivity contribution in [2.45, 2.75) is 6.92 Å². The fourth-order valence-electron chi connectivity index (χ4n) is 1.70. The Morgan fingerprint density at radius 3 is 2.78 bits per heavy atom. The second-order valence-electron chi connectivity index (χ2n) is 3.93. The van der Waals surface area contributed by atoms with Gasteiger partial charge in [0.25, 0.3) is 5.56 Å². The summed E-state index contributed by atoms with van der Waals surface area (Å²) >= 11 is 0. The number of nitrogens with one attached hydrogen (secondary N) is 2. The molecular weight excluding hydrogens is 238 g/mol. The Bertz CT molecular complexity index is 850. The van der Waals surface area contributed by atoms with Crippen molar-refractivity contribution >= 4 is 11.2 Å². The van der Waals surface area contributed by atoms with E-state index in [4.69, 9.17) is 4.52 Å². The Morgan fingerprint density at radius 1 is 1.33 bits per heavy atom. The van der Waals surface area contributed by atoms with Crippen LogP contribution in [0.25, 0.3) is 22.7 Å². The standard InChI is InChI=1S/C10H9N5O3/c1-4-3-5(18-14-4)7-11-6-8(12-7)15(2)10(17)13-9(6)16/h3H,1-2H3,(H,11,12)(H,13,16,17). The van der Waals surface area contributed by atoms with Crippen LogP contribution in [-0.4, -0.2) is 24.7 Å². The number of imidazole rings is 1. The third-order valence-corrected chi connectivity index (χ3v) is 2.62. The fourth-order valence-corrected chi connectivity index (χ4v) is 1.70. The molecule has 3 heterocycles. The quantitative estimate of drug-likeness (QED) is 0.624. The van der Waals surface area contributed by atoms with Gasteiger partial charge in [0.05, 0.1) is 5.69 Å². The highest BCUT2D eigenvalue weighted by molar-refractivity contribution is 5.73. The molecule has 0 bridgehead atoms. The van der Waals surface area contributed by atoms with Gasteiger partial charge in [-0.15, -0.1) is 0 Å². The van der Waals surface area contributed by atoms with Crippen LogP contribution in [0.5, 0.6) is 0 Å². The first-order valence-electron chi connectivity index (χ1n) is 5.19. The number of hydrogen-bond acceptors (Lipinski definition) is 5. The monoisotopic (exact) mass is 247 g/mol. The minimum Gasteiger partial charge on any atom is -0.353 e. The third-order valence-electron chi connectivity index (χ3n) is 2.62.